The molecule has 1 aromatic heterocycles. The number of anilines is 2. The molecule has 1 saturated heterocycles. The molecule has 2 heterocycles. The van der Waals surface area contributed by atoms with Crippen molar-refractivity contribution in [1.29, 1.82) is 0 Å². The van der Waals surface area contributed by atoms with Crippen molar-refractivity contribution in [2.24, 2.45) is 5.92 Å². The first kappa shape index (κ1) is 27.8. The number of sulfone groups is 1. The third-order valence-electron chi connectivity index (χ3n) is 5.77. The molecule has 0 bridgehead atoms. The number of benzene rings is 1. The van der Waals surface area contributed by atoms with Crippen LogP contribution in [0, 0.1) is 23.0 Å². The number of hydrogen-bond donors (Lipinski definition) is 1. The van der Waals surface area contributed by atoms with Crippen LogP contribution in [-0.4, -0.2) is 65.7 Å². The number of carboxylic acids is 1. The molecule has 1 unspecified atom stereocenters. The summed E-state index contributed by atoms with van der Waals surface area (Å²) in [6.07, 6.45) is -3.13. The van der Waals surface area contributed by atoms with Crippen molar-refractivity contribution >= 4 is 39.0 Å². The number of carbonyl (C=O) groups excluding carboxylic acids is 1. The molecule has 0 radical (unpaired) electrons. The summed E-state index contributed by atoms with van der Waals surface area (Å²) in [4.78, 5) is 45.3. The van der Waals surface area contributed by atoms with Gasteiger partial charge in [-0.05, 0) is 24.5 Å². The smallest absolute Gasteiger partial charge is 0.433 e. The van der Waals surface area contributed by atoms with Crippen LogP contribution in [0.25, 0.3) is 0 Å². The molecule has 1 aliphatic rings. The van der Waals surface area contributed by atoms with Gasteiger partial charge in [0.1, 0.15) is 17.4 Å². The third-order valence-corrected chi connectivity index (χ3v) is 7.04. The van der Waals surface area contributed by atoms with Gasteiger partial charge in [0, 0.05) is 31.6 Å². The molecule has 0 spiro atoms. The third kappa shape index (κ3) is 5.19. The van der Waals surface area contributed by atoms with Gasteiger partial charge in [0.05, 0.1) is 15.4 Å². The molecule has 1 fully saturated rings. The highest BCUT2D eigenvalue weighted by atomic mass is 32.2. The summed E-state index contributed by atoms with van der Waals surface area (Å²) in [5.41, 5.74) is -3.56. The number of aromatic carboxylic acids is 1. The first-order valence-corrected chi connectivity index (χ1v) is 12.6. The highest BCUT2D eigenvalue weighted by Gasteiger charge is 2.43. The Morgan fingerprint density at radius 2 is 1.92 bits per heavy atom. The van der Waals surface area contributed by atoms with E-state index < -0.39 is 72.3 Å². The van der Waals surface area contributed by atoms with Crippen LogP contribution in [0.4, 0.5) is 30.5 Å². The first-order valence-electron chi connectivity index (χ1n) is 10.7. The van der Waals surface area contributed by atoms with Gasteiger partial charge in [-0.3, -0.25) is 14.9 Å². The van der Waals surface area contributed by atoms with Crippen LogP contribution in [0.15, 0.2) is 23.2 Å². The second-order valence-corrected chi connectivity index (χ2v) is 10.6. The van der Waals surface area contributed by atoms with E-state index >= 15 is 0 Å². The summed E-state index contributed by atoms with van der Waals surface area (Å²) >= 11 is 0. The van der Waals surface area contributed by atoms with E-state index in [-0.39, 0.29) is 24.6 Å². The molecule has 37 heavy (non-hydrogen) atoms. The van der Waals surface area contributed by atoms with E-state index in [0.29, 0.717) is 12.1 Å². The molecule has 2 aromatic rings. The molecule has 1 amide bonds. The summed E-state index contributed by atoms with van der Waals surface area (Å²) < 4.78 is 64.5. The molecule has 12 nitrogen and oxygen atoms in total. The average Bonchev–Trinajstić information content (AvgIpc) is 2.76. The largest absolute Gasteiger partial charge is 0.478 e. The number of alkyl halides is 3. The quantitative estimate of drug-likeness (QED) is 0.421. The van der Waals surface area contributed by atoms with Crippen molar-refractivity contribution in [3.8, 4) is 0 Å². The summed E-state index contributed by atoms with van der Waals surface area (Å²) in [5.74, 6) is -3.40. The molecule has 1 atom stereocenters. The number of nitrogens with zero attached hydrogens (tertiary/aromatic N) is 5. The second-order valence-electron chi connectivity index (χ2n) is 8.69. The van der Waals surface area contributed by atoms with Gasteiger partial charge in [0.25, 0.3) is 5.69 Å². The Kier molecular flexibility index (Phi) is 7.18. The van der Waals surface area contributed by atoms with Crippen LogP contribution in [-0.2, 0) is 20.8 Å². The summed E-state index contributed by atoms with van der Waals surface area (Å²) in [7, 11) is -4.21. The normalized spacial score (nSPS) is 16.9. The lowest BCUT2D eigenvalue weighted by Crippen LogP contribution is -2.60. The Morgan fingerprint density at radius 1 is 1.30 bits per heavy atom. The van der Waals surface area contributed by atoms with E-state index in [1.165, 1.54) is 4.90 Å². The Bertz CT molecular complexity index is 1400. The zero-order valence-corrected chi connectivity index (χ0v) is 20.8. The molecule has 1 N–H and O–H groups in total. The van der Waals surface area contributed by atoms with Gasteiger partial charge < -0.3 is 14.9 Å². The highest BCUT2D eigenvalue weighted by Crippen LogP contribution is 2.40. The molecule has 16 heteroatoms. The average molecular weight is 545 g/mol. The molecule has 0 aliphatic carbocycles. The number of halogens is 3. The minimum absolute atomic E-state index is 0.151. The maximum Gasteiger partial charge on any atom is 0.433 e. The lowest BCUT2D eigenvalue weighted by Gasteiger charge is -2.42. The number of carboxylic acid groups (broad SMARTS) is 1. The number of carbonyl (C=O) groups is 2. The molecule has 1 aromatic carbocycles. The number of piperazine rings is 1. The molecule has 200 valence electrons. The van der Waals surface area contributed by atoms with Crippen molar-refractivity contribution in [3.05, 3.63) is 45.3 Å². The minimum atomic E-state index is -4.76. The lowest BCUT2D eigenvalue weighted by atomic mass is 9.97. The summed E-state index contributed by atoms with van der Waals surface area (Å²) in [5, 5.41) is 21.4. The molecular weight excluding hydrogens is 523 g/mol. The van der Waals surface area contributed by atoms with Gasteiger partial charge in [0.15, 0.2) is 9.84 Å². The fraction of sp³-hybridized carbons (Fsp3) is 0.429. The maximum absolute atomic E-state index is 13.7. The second kappa shape index (κ2) is 9.57. The molecule has 1 aliphatic heterocycles. The minimum Gasteiger partial charge on any atom is -0.478 e. The van der Waals surface area contributed by atoms with E-state index in [1.807, 2.05) is 0 Å². The monoisotopic (exact) mass is 545 g/mol. The first-order chi connectivity index (χ1) is 17.0. The van der Waals surface area contributed by atoms with E-state index in [1.54, 1.807) is 13.8 Å². The Hall–Kier alpha value is -3.82. The van der Waals surface area contributed by atoms with Crippen LogP contribution < -0.4 is 9.80 Å². The van der Waals surface area contributed by atoms with Gasteiger partial charge in [-0.2, -0.15) is 13.2 Å². The van der Waals surface area contributed by atoms with Gasteiger partial charge >= 0.3 is 12.1 Å². The zero-order valence-electron chi connectivity index (χ0n) is 20.0. The van der Waals surface area contributed by atoms with Crippen LogP contribution in [0.2, 0.25) is 0 Å². The predicted molar refractivity (Wildman–Crippen MR) is 123 cm³/mol. The highest BCUT2D eigenvalue weighted by molar-refractivity contribution is 7.90. The van der Waals surface area contributed by atoms with E-state index in [0.717, 1.165) is 24.3 Å². The molecular formula is C21H22F3N5O7S. The van der Waals surface area contributed by atoms with E-state index in [4.69, 9.17) is 0 Å². The Balaban J connectivity index is 2.20. The van der Waals surface area contributed by atoms with Crippen molar-refractivity contribution < 1.29 is 41.2 Å². The standard InChI is InChI=1S/C21H22F3N5O7S/c1-10(2)15-18(30)27(7-8-28(15)20-25-6-5-14(26-20)21(22,23)24)16-11(3)17(37(4,35)36)12(19(31)32)9-13(16)29(33)34/h5-6,9-10,15H,7-8H2,1-4H3,(H,31,32). The zero-order chi connectivity index (χ0) is 28.0. The molecule has 3 rings (SSSR count). The van der Waals surface area contributed by atoms with E-state index in [9.17, 15) is 46.4 Å². The number of aromatic nitrogens is 2. The number of nitro benzene ring substituents is 1. The maximum atomic E-state index is 13.7. The summed E-state index contributed by atoms with van der Waals surface area (Å²) in [6.45, 7) is 3.90. The van der Waals surface area contributed by atoms with Crippen LogP contribution in [0.3, 0.4) is 0 Å². The van der Waals surface area contributed by atoms with Crippen molar-refractivity contribution in [2.45, 2.75) is 37.9 Å². The predicted octanol–water partition coefficient (Wildman–Crippen LogP) is 2.69. The number of rotatable bonds is 6. The SMILES string of the molecule is Cc1c(N2CCN(c3nccc(C(F)(F)F)n3)C(C(C)C)C2=O)c([N+](=O)[O-])cc(C(=O)O)c1S(C)(=O)=O. The topological polar surface area (TPSA) is 164 Å². The lowest BCUT2D eigenvalue weighted by molar-refractivity contribution is -0.384. The number of nitro groups is 1. The van der Waals surface area contributed by atoms with Crippen LogP contribution >= 0.6 is 0 Å². The van der Waals surface area contributed by atoms with Crippen molar-refractivity contribution in [1.82, 2.24) is 9.97 Å². The van der Waals surface area contributed by atoms with Crippen molar-refractivity contribution in [3.63, 3.8) is 0 Å². The van der Waals surface area contributed by atoms with Crippen molar-refractivity contribution in [2.75, 3.05) is 29.1 Å². The number of amides is 1. The number of hydrogen-bond acceptors (Lipinski definition) is 9. The van der Waals surface area contributed by atoms with Gasteiger partial charge in [-0.15, -0.1) is 0 Å². The molecule has 0 saturated carbocycles. The van der Waals surface area contributed by atoms with Gasteiger partial charge in [-0.25, -0.2) is 23.2 Å². The Morgan fingerprint density at radius 3 is 2.41 bits per heavy atom. The van der Waals surface area contributed by atoms with Crippen LogP contribution in [0.1, 0.15) is 35.5 Å². The van der Waals surface area contributed by atoms with Gasteiger partial charge in [-0.1, -0.05) is 13.8 Å². The fourth-order valence-electron chi connectivity index (χ4n) is 4.37. The van der Waals surface area contributed by atoms with Gasteiger partial charge in [0.2, 0.25) is 11.9 Å². The van der Waals surface area contributed by atoms with E-state index in [2.05, 4.69) is 9.97 Å². The Labute approximate surface area is 208 Å². The summed E-state index contributed by atoms with van der Waals surface area (Å²) in [6, 6.07) is 0.0909. The fourth-order valence-corrected chi connectivity index (χ4v) is 5.57. The van der Waals surface area contributed by atoms with Crippen LogP contribution in [0.5, 0.6) is 0 Å².